The second kappa shape index (κ2) is 4.56. The van der Waals surface area contributed by atoms with E-state index >= 15 is 0 Å². The van der Waals surface area contributed by atoms with Crippen molar-refractivity contribution in [1.29, 1.82) is 0 Å². The normalized spacial score (nSPS) is 17.3. The molecular weight excluding hydrogens is 226 g/mol. The minimum absolute atomic E-state index is 0.0127. The zero-order chi connectivity index (χ0) is 12.5. The van der Waals surface area contributed by atoms with Crippen LogP contribution < -0.4 is 5.32 Å². The molecule has 0 bridgehead atoms. The second-order valence-electron chi connectivity index (χ2n) is 5.25. The zero-order valence-electron chi connectivity index (χ0n) is 10.4. The number of Topliss-reactive ketones (excluding diaryl/α,β-unsaturated/α-hetero) is 1. The third-order valence-corrected chi connectivity index (χ3v) is 3.79. The third kappa shape index (κ3) is 2.30. The van der Waals surface area contributed by atoms with E-state index in [-0.39, 0.29) is 24.2 Å². The first-order valence-corrected chi connectivity index (χ1v) is 6.67. The molecule has 3 nitrogen and oxygen atoms in total. The molecule has 1 N–H and O–H groups in total. The van der Waals surface area contributed by atoms with Gasteiger partial charge in [-0.3, -0.25) is 9.59 Å². The van der Waals surface area contributed by atoms with Crippen molar-refractivity contribution < 1.29 is 9.59 Å². The van der Waals surface area contributed by atoms with Gasteiger partial charge in [-0.1, -0.05) is 12.1 Å². The van der Waals surface area contributed by atoms with Gasteiger partial charge in [0.05, 0.1) is 6.54 Å². The summed E-state index contributed by atoms with van der Waals surface area (Å²) in [7, 11) is 0. The van der Waals surface area contributed by atoms with Gasteiger partial charge in [0, 0.05) is 11.5 Å². The van der Waals surface area contributed by atoms with Gasteiger partial charge in [-0.15, -0.1) is 0 Å². The van der Waals surface area contributed by atoms with Gasteiger partial charge in [0.2, 0.25) is 5.91 Å². The van der Waals surface area contributed by atoms with Crippen LogP contribution in [0.4, 0.5) is 0 Å². The van der Waals surface area contributed by atoms with Crippen LogP contribution >= 0.6 is 0 Å². The smallest absolute Gasteiger partial charge is 0.223 e. The summed E-state index contributed by atoms with van der Waals surface area (Å²) in [5, 5.41) is 2.72. The molecule has 3 heteroatoms. The minimum atomic E-state index is 0.0127. The Bertz CT molecular complexity index is 503. The first kappa shape index (κ1) is 11.5. The minimum Gasteiger partial charge on any atom is -0.348 e. The largest absolute Gasteiger partial charge is 0.348 e. The summed E-state index contributed by atoms with van der Waals surface area (Å²) < 4.78 is 0. The highest BCUT2D eigenvalue weighted by molar-refractivity contribution is 5.99. The van der Waals surface area contributed by atoms with Crippen LogP contribution in [0.2, 0.25) is 0 Å². The summed E-state index contributed by atoms with van der Waals surface area (Å²) in [6, 6.07) is 5.93. The maximum Gasteiger partial charge on any atom is 0.223 e. The Kier molecular flexibility index (Phi) is 2.90. The summed E-state index contributed by atoms with van der Waals surface area (Å²) in [4.78, 5) is 23.4. The Morgan fingerprint density at radius 3 is 2.72 bits per heavy atom. The van der Waals surface area contributed by atoms with Crippen LogP contribution in [0, 0.1) is 5.92 Å². The lowest BCUT2D eigenvalue weighted by Gasteiger charge is -2.06. The second-order valence-corrected chi connectivity index (χ2v) is 5.25. The molecule has 0 saturated heterocycles. The molecule has 1 fully saturated rings. The summed E-state index contributed by atoms with van der Waals surface area (Å²) in [6.07, 6.45) is 5.33. The van der Waals surface area contributed by atoms with E-state index in [1.165, 1.54) is 17.5 Å². The summed E-state index contributed by atoms with van der Waals surface area (Å²) in [6.45, 7) is 0.133. The standard InChI is InChI=1S/C15H17NO2/c17-14(9-16-15(18)11-5-6-11)13-7-4-10-2-1-3-12(10)8-13/h4,7-8,11H,1-3,5-6,9H2,(H,16,18). The molecule has 0 aromatic heterocycles. The van der Waals surface area contributed by atoms with E-state index < -0.39 is 0 Å². The Morgan fingerprint density at radius 1 is 1.17 bits per heavy atom. The number of benzene rings is 1. The van der Waals surface area contributed by atoms with E-state index in [2.05, 4.69) is 11.4 Å². The molecule has 94 valence electrons. The third-order valence-electron chi connectivity index (χ3n) is 3.79. The quantitative estimate of drug-likeness (QED) is 0.821. The number of aryl methyl sites for hydroxylation is 2. The Balaban J connectivity index is 1.63. The Morgan fingerprint density at radius 2 is 1.94 bits per heavy atom. The number of ketones is 1. The van der Waals surface area contributed by atoms with Crippen LogP contribution in [0.3, 0.4) is 0 Å². The number of hydrogen-bond donors (Lipinski definition) is 1. The molecule has 2 aliphatic rings. The number of nitrogens with one attached hydrogen (secondary N) is 1. The van der Waals surface area contributed by atoms with E-state index in [0.29, 0.717) is 0 Å². The van der Waals surface area contributed by atoms with Crippen molar-refractivity contribution in [2.75, 3.05) is 6.54 Å². The van der Waals surface area contributed by atoms with Gasteiger partial charge >= 0.3 is 0 Å². The van der Waals surface area contributed by atoms with Crippen LogP contribution in [0.25, 0.3) is 0 Å². The monoisotopic (exact) mass is 243 g/mol. The number of amides is 1. The van der Waals surface area contributed by atoms with Crippen molar-refractivity contribution >= 4 is 11.7 Å². The van der Waals surface area contributed by atoms with Crippen LogP contribution in [0.1, 0.15) is 40.7 Å². The van der Waals surface area contributed by atoms with Crippen LogP contribution in [0.5, 0.6) is 0 Å². The van der Waals surface area contributed by atoms with Crippen molar-refractivity contribution in [1.82, 2.24) is 5.32 Å². The lowest BCUT2D eigenvalue weighted by atomic mass is 10.0. The molecule has 3 rings (SSSR count). The number of rotatable bonds is 4. The van der Waals surface area contributed by atoms with Crippen LogP contribution in [-0.4, -0.2) is 18.2 Å². The van der Waals surface area contributed by atoms with Gasteiger partial charge < -0.3 is 5.32 Å². The molecule has 0 unspecified atom stereocenters. The Labute approximate surface area is 107 Å². The predicted octanol–water partition coefficient (Wildman–Crippen LogP) is 1.88. The predicted molar refractivity (Wildman–Crippen MR) is 68.5 cm³/mol. The number of fused-ring (bicyclic) bond motifs is 1. The summed E-state index contributed by atoms with van der Waals surface area (Å²) in [5.74, 6) is 0.209. The first-order chi connectivity index (χ1) is 8.74. The fourth-order valence-corrected chi connectivity index (χ4v) is 2.50. The van der Waals surface area contributed by atoms with E-state index in [4.69, 9.17) is 0 Å². The molecule has 1 aromatic carbocycles. The average molecular weight is 243 g/mol. The summed E-state index contributed by atoms with van der Waals surface area (Å²) >= 11 is 0. The molecule has 1 saturated carbocycles. The molecule has 1 aromatic rings. The average Bonchev–Trinajstić information content (AvgIpc) is 3.13. The van der Waals surface area contributed by atoms with Crippen LogP contribution in [0.15, 0.2) is 18.2 Å². The molecule has 2 aliphatic carbocycles. The number of hydrogen-bond acceptors (Lipinski definition) is 2. The van der Waals surface area contributed by atoms with Crippen molar-refractivity contribution in [3.05, 3.63) is 34.9 Å². The van der Waals surface area contributed by atoms with Gasteiger partial charge in [-0.25, -0.2) is 0 Å². The van der Waals surface area contributed by atoms with E-state index in [0.717, 1.165) is 31.2 Å². The van der Waals surface area contributed by atoms with E-state index in [1.807, 2.05) is 12.1 Å². The van der Waals surface area contributed by atoms with Gasteiger partial charge in [0.15, 0.2) is 5.78 Å². The molecule has 18 heavy (non-hydrogen) atoms. The van der Waals surface area contributed by atoms with E-state index in [9.17, 15) is 9.59 Å². The molecule has 0 aliphatic heterocycles. The zero-order valence-corrected chi connectivity index (χ0v) is 10.4. The van der Waals surface area contributed by atoms with Crippen LogP contribution in [-0.2, 0) is 17.6 Å². The number of carbonyl (C=O) groups excluding carboxylic acids is 2. The van der Waals surface area contributed by atoms with Gasteiger partial charge in [0.1, 0.15) is 0 Å². The van der Waals surface area contributed by atoms with Gasteiger partial charge in [-0.05, 0) is 49.3 Å². The van der Waals surface area contributed by atoms with Crippen molar-refractivity contribution in [3.63, 3.8) is 0 Å². The highest BCUT2D eigenvalue weighted by atomic mass is 16.2. The van der Waals surface area contributed by atoms with Crippen molar-refractivity contribution in [2.24, 2.45) is 5.92 Å². The van der Waals surface area contributed by atoms with Gasteiger partial charge in [-0.2, -0.15) is 0 Å². The lowest BCUT2D eigenvalue weighted by Crippen LogP contribution is -2.30. The number of carbonyl (C=O) groups is 2. The molecular formula is C15H17NO2. The SMILES string of the molecule is O=C(CNC(=O)C1CC1)c1ccc2c(c1)CCC2. The topological polar surface area (TPSA) is 46.2 Å². The van der Waals surface area contributed by atoms with Gasteiger partial charge in [0.25, 0.3) is 0 Å². The maximum absolute atomic E-state index is 12.0. The molecule has 0 radical (unpaired) electrons. The highest BCUT2D eigenvalue weighted by Gasteiger charge is 2.29. The van der Waals surface area contributed by atoms with E-state index in [1.54, 1.807) is 0 Å². The molecule has 1 amide bonds. The fourth-order valence-electron chi connectivity index (χ4n) is 2.50. The first-order valence-electron chi connectivity index (χ1n) is 6.67. The molecule has 0 heterocycles. The molecule has 0 spiro atoms. The van der Waals surface area contributed by atoms with Crippen molar-refractivity contribution in [2.45, 2.75) is 32.1 Å². The maximum atomic E-state index is 12.0. The summed E-state index contributed by atoms with van der Waals surface area (Å²) in [5.41, 5.74) is 3.40. The Hall–Kier alpha value is -1.64. The molecule has 0 atom stereocenters. The lowest BCUT2D eigenvalue weighted by molar-refractivity contribution is -0.122. The van der Waals surface area contributed by atoms with Crippen molar-refractivity contribution in [3.8, 4) is 0 Å². The highest BCUT2D eigenvalue weighted by Crippen LogP contribution is 2.28. The fraction of sp³-hybridized carbons (Fsp3) is 0.467.